The van der Waals surface area contributed by atoms with Crippen LogP contribution >= 0.6 is 0 Å². The zero-order valence-corrected chi connectivity index (χ0v) is 14.5. The van der Waals surface area contributed by atoms with Crippen LogP contribution in [0.4, 0.5) is 0 Å². The van der Waals surface area contributed by atoms with Gasteiger partial charge in [-0.2, -0.15) is 0 Å². The van der Waals surface area contributed by atoms with Crippen LogP contribution in [0.5, 0.6) is 0 Å². The number of aromatic nitrogens is 2. The third kappa shape index (κ3) is 3.25. The first-order valence-electron chi connectivity index (χ1n) is 8.54. The van der Waals surface area contributed by atoms with Gasteiger partial charge in [-0.25, -0.2) is 9.59 Å². The minimum absolute atomic E-state index is 0.225. The van der Waals surface area contributed by atoms with E-state index in [2.05, 4.69) is 10.3 Å². The molecule has 9 heteroatoms. The second-order valence-corrected chi connectivity index (χ2v) is 6.18. The highest BCUT2D eigenvalue weighted by molar-refractivity contribution is 6.00. The lowest BCUT2D eigenvalue weighted by Gasteiger charge is -2.21. The molecule has 142 valence electrons. The van der Waals surface area contributed by atoms with Crippen molar-refractivity contribution in [2.75, 3.05) is 0 Å². The fourth-order valence-electron chi connectivity index (χ4n) is 3.10. The second kappa shape index (κ2) is 7.03. The molecule has 1 atom stereocenters. The van der Waals surface area contributed by atoms with Gasteiger partial charge in [0.1, 0.15) is 6.04 Å². The van der Waals surface area contributed by atoms with Gasteiger partial charge in [-0.1, -0.05) is 24.3 Å². The molecular weight excluding hydrogens is 366 g/mol. The van der Waals surface area contributed by atoms with Gasteiger partial charge >= 0.3 is 11.5 Å². The Balaban J connectivity index is 0.000000162. The standard InChI is InChI=1S/C12H10N2O4.C7H5NO2/c15-10-6-5-8(11(16)13-10)14-7-3-1-2-4-9(7)18-12(14)17;9-7-8-5-3-1-2-4-6(5)10-7/h1-4,8H,5-6H2,(H,13,15,16);1-4H,(H,8,9). The number of nitrogens with one attached hydrogen (secondary N) is 2. The zero-order chi connectivity index (χ0) is 19.7. The number of oxazole rings is 2. The monoisotopic (exact) mass is 381 g/mol. The van der Waals surface area contributed by atoms with Gasteiger partial charge in [0.05, 0.1) is 11.0 Å². The summed E-state index contributed by atoms with van der Waals surface area (Å²) in [5.41, 5.74) is 2.35. The number of imide groups is 1. The Labute approximate surface area is 156 Å². The predicted molar refractivity (Wildman–Crippen MR) is 98.7 cm³/mol. The number of rotatable bonds is 1. The predicted octanol–water partition coefficient (Wildman–Crippen LogP) is 1.69. The number of benzene rings is 2. The van der Waals surface area contributed by atoms with E-state index < -0.39 is 23.5 Å². The zero-order valence-electron chi connectivity index (χ0n) is 14.5. The number of piperidine rings is 1. The average molecular weight is 381 g/mol. The Hall–Kier alpha value is -3.88. The first-order valence-corrected chi connectivity index (χ1v) is 8.54. The molecule has 1 fully saturated rings. The first-order chi connectivity index (χ1) is 13.5. The van der Waals surface area contributed by atoms with Gasteiger partial charge in [0.15, 0.2) is 11.2 Å². The molecule has 9 nitrogen and oxygen atoms in total. The van der Waals surface area contributed by atoms with Crippen molar-refractivity contribution >= 4 is 34.0 Å². The maximum atomic E-state index is 11.8. The number of amides is 2. The quantitative estimate of drug-likeness (QED) is 0.483. The molecule has 28 heavy (non-hydrogen) atoms. The van der Waals surface area contributed by atoms with Crippen molar-refractivity contribution in [3.63, 3.8) is 0 Å². The van der Waals surface area contributed by atoms with Crippen LogP contribution in [-0.4, -0.2) is 21.4 Å². The molecule has 5 rings (SSSR count). The van der Waals surface area contributed by atoms with Crippen LogP contribution in [0.25, 0.3) is 22.2 Å². The molecule has 0 spiro atoms. The average Bonchev–Trinajstić information content (AvgIpc) is 3.21. The Morgan fingerprint density at radius 3 is 2.36 bits per heavy atom. The molecule has 0 radical (unpaired) electrons. The van der Waals surface area contributed by atoms with Crippen molar-refractivity contribution in [3.05, 3.63) is 69.6 Å². The minimum atomic E-state index is -0.682. The highest BCUT2D eigenvalue weighted by Crippen LogP contribution is 2.22. The molecule has 0 saturated carbocycles. The van der Waals surface area contributed by atoms with E-state index in [1.54, 1.807) is 36.4 Å². The largest absolute Gasteiger partial charge is 0.420 e. The number of carbonyl (C=O) groups excluding carboxylic acids is 2. The van der Waals surface area contributed by atoms with E-state index in [1.165, 1.54) is 4.57 Å². The van der Waals surface area contributed by atoms with Gasteiger partial charge < -0.3 is 8.83 Å². The van der Waals surface area contributed by atoms with Crippen molar-refractivity contribution in [1.82, 2.24) is 14.9 Å². The van der Waals surface area contributed by atoms with Crippen LogP contribution in [0, 0.1) is 0 Å². The molecule has 1 unspecified atom stereocenters. The summed E-state index contributed by atoms with van der Waals surface area (Å²) in [4.78, 5) is 47.8. The van der Waals surface area contributed by atoms with Crippen molar-refractivity contribution in [3.8, 4) is 0 Å². The van der Waals surface area contributed by atoms with Gasteiger partial charge in [-0.3, -0.25) is 24.5 Å². The molecule has 4 aromatic rings. The van der Waals surface area contributed by atoms with Gasteiger partial charge in [0.2, 0.25) is 11.8 Å². The van der Waals surface area contributed by atoms with Crippen LogP contribution in [0.3, 0.4) is 0 Å². The maximum Gasteiger partial charge on any atom is 0.420 e. The summed E-state index contributed by atoms with van der Waals surface area (Å²) in [5.74, 6) is -1.75. The summed E-state index contributed by atoms with van der Waals surface area (Å²) in [7, 11) is 0. The molecule has 2 aromatic carbocycles. The lowest BCUT2D eigenvalue weighted by molar-refractivity contribution is -0.135. The Bertz CT molecular complexity index is 1260. The van der Waals surface area contributed by atoms with Crippen molar-refractivity contribution in [2.45, 2.75) is 18.9 Å². The summed E-state index contributed by atoms with van der Waals surface area (Å²) < 4.78 is 11.1. The molecule has 2 aromatic heterocycles. The Morgan fingerprint density at radius 1 is 0.893 bits per heavy atom. The topological polar surface area (TPSA) is 127 Å². The molecule has 1 saturated heterocycles. The minimum Gasteiger partial charge on any atom is -0.408 e. The van der Waals surface area contributed by atoms with Crippen LogP contribution in [0.15, 0.2) is 67.0 Å². The molecule has 3 heterocycles. The SMILES string of the molecule is O=C1CCC(n2c(=O)oc3ccccc32)C(=O)N1.O=c1[nH]c2ccccc2o1. The summed E-state index contributed by atoms with van der Waals surface area (Å²) in [5, 5.41) is 2.23. The van der Waals surface area contributed by atoms with Crippen molar-refractivity contribution in [1.29, 1.82) is 0 Å². The number of carbonyl (C=O) groups is 2. The van der Waals surface area contributed by atoms with Crippen LogP contribution in [0.1, 0.15) is 18.9 Å². The summed E-state index contributed by atoms with van der Waals surface area (Å²) in [6.07, 6.45) is 0.538. The van der Waals surface area contributed by atoms with E-state index in [9.17, 15) is 19.2 Å². The third-order valence-corrected chi connectivity index (χ3v) is 4.37. The van der Waals surface area contributed by atoms with Crippen molar-refractivity contribution in [2.24, 2.45) is 0 Å². The molecule has 0 bridgehead atoms. The van der Waals surface area contributed by atoms with E-state index in [-0.39, 0.29) is 12.3 Å². The van der Waals surface area contributed by atoms with Crippen molar-refractivity contribution < 1.29 is 18.4 Å². The number of hydrogen-bond donors (Lipinski definition) is 2. The smallest absolute Gasteiger partial charge is 0.408 e. The Morgan fingerprint density at radius 2 is 1.61 bits per heavy atom. The number of fused-ring (bicyclic) bond motifs is 2. The molecule has 1 aliphatic heterocycles. The van der Waals surface area contributed by atoms with Gasteiger partial charge in [0.25, 0.3) is 0 Å². The number of aromatic amines is 1. The third-order valence-electron chi connectivity index (χ3n) is 4.37. The molecule has 1 aliphatic rings. The molecule has 2 amide bonds. The number of nitrogens with zero attached hydrogens (tertiary/aromatic N) is 1. The normalized spacial score (nSPS) is 16.6. The summed E-state index contributed by atoms with van der Waals surface area (Å²) in [6, 6.07) is 13.4. The number of H-pyrrole nitrogens is 1. The number of hydrogen-bond acceptors (Lipinski definition) is 6. The molecule has 2 N–H and O–H groups in total. The van der Waals surface area contributed by atoms with E-state index in [1.807, 2.05) is 12.1 Å². The highest BCUT2D eigenvalue weighted by Gasteiger charge is 2.31. The summed E-state index contributed by atoms with van der Waals surface area (Å²) >= 11 is 0. The van der Waals surface area contributed by atoms with E-state index in [0.717, 1.165) is 5.52 Å². The fourth-order valence-corrected chi connectivity index (χ4v) is 3.10. The van der Waals surface area contributed by atoms with Crippen LogP contribution < -0.4 is 16.8 Å². The van der Waals surface area contributed by atoms with Crippen LogP contribution in [-0.2, 0) is 9.59 Å². The number of para-hydroxylation sites is 4. The first kappa shape index (κ1) is 17.5. The van der Waals surface area contributed by atoms with E-state index in [4.69, 9.17) is 8.83 Å². The highest BCUT2D eigenvalue weighted by atomic mass is 16.4. The van der Waals surface area contributed by atoms with Gasteiger partial charge in [-0.05, 0) is 30.7 Å². The Kier molecular flexibility index (Phi) is 4.40. The molecule has 0 aliphatic carbocycles. The second-order valence-electron chi connectivity index (χ2n) is 6.18. The van der Waals surface area contributed by atoms with E-state index in [0.29, 0.717) is 23.1 Å². The fraction of sp³-hybridized carbons (Fsp3) is 0.158. The maximum absolute atomic E-state index is 11.8. The lowest BCUT2D eigenvalue weighted by Crippen LogP contribution is -2.43. The van der Waals surface area contributed by atoms with Gasteiger partial charge in [0, 0.05) is 6.42 Å². The summed E-state index contributed by atoms with van der Waals surface area (Å²) in [6.45, 7) is 0. The molecular formula is C19H15N3O6. The van der Waals surface area contributed by atoms with Crippen LogP contribution in [0.2, 0.25) is 0 Å². The lowest BCUT2D eigenvalue weighted by atomic mass is 10.1. The van der Waals surface area contributed by atoms with E-state index >= 15 is 0 Å². The van der Waals surface area contributed by atoms with Gasteiger partial charge in [-0.15, -0.1) is 0 Å².